The van der Waals surface area contributed by atoms with E-state index in [1.54, 1.807) is 0 Å². The number of benzene rings is 1. The topological polar surface area (TPSA) is 44.8 Å². The lowest BCUT2D eigenvalue weighted by Gasteiger charge is -2.25. The van der Waals surface area contributed by atoms with Crippen LogP contribution in [0.5, 0.6) is 0 Å². The minimum Gasteiger partial charge on any atom is -0.358 e. The quantitative estimate of drug-likeness (QED) is 0.801. The number of aromatic amines is 1. The zero-order chi connectivity index (χ0) is 15.2. The third-order valence-electron chi connectivity index (χ3n) is 4.65. The molecule has 3 aromatic rings. The summed E-state index contributed by atoms with van der Waals surface area (Å²) in [7, 11) is 2.14. The number of fused-ring (bicyclic) bond motifs is 1. The van der Waals surface area contributed by atoms with Crippen LogP contribution >= 0.6 is 0 Å². The minimum atomic E-state index is 0.289. The van der Waals surface area contributed by atoms with Crippen LogP contribution in [0.4, 0.5) is 5.82 Å². The summed E-state index contributed by atoms with van der Waals surface area (Å²) in [5, 5.41) is 1.09. The molecule has 1 saturated carbocycles. The van der Waals surface area contributed by atoms with Gasteiger partial charge in [0.1, 0.15) is 17.3 Å². The van der Waals surface area contributed by atoms with Crippen molar-refractivity contribution in [3.63, 3.8) is 0 Å². The van der Waals surface area contributed by atoms with Crippen LogP contribution in [0.1, 0.15) is 24.2 Å². The van der Waals surface area contributed by atoms with Gasteiger partial charge in [-0.1, -0.05) is 30.3 Å². The maximum absolute atomic E-state index is 4.67. The Morgan fingerprint density at radius 1 is 1.14 bits per heavy atom. The van der Waals surface area contributed by atoms with Gasteiger partial charge in [0, 0.05) is 25.2 Å². The zero-order valence-electron chi connectivity index (χ0n) is 13.0. The van der Waals surface area contributed by atoms with Gasteiger partial charge < -0.3 is 9.88 Å². The number of aryl methyl sites for hydroxylation is 1. The first-order valence-electron chi connectivity index (χ1n) is 7.76. The van der Waals surface area contributed by atoms with Crippen molar-refractivity contribution in [2.75, 3.05) is 18.5 Å². The van der Waals surface area contributed by atoms with Gasteiger partial charge in [-0.25, -0.2) is 9.97 Å². The van der Waals surface area contributed by atoms with E-state index in [2.05, 4.69) is 63.3 Å². The standard InChI is InChI=1S/C18H20N4/c1-13-20-16-15(8-11-19-16)17(21-13)22(2)12-18(9-10-18)14-6-4-3-5-7-14/h3-8,11H,9-10,12H2,1-2H3,(H,19,20,21). The third-order valence-corrected chi connectivity index (χ3v) is 4.65. The molecular weight excluding hydrogens is 272 g/mol. The van der Waals surface area contributed by atoms with Gasteiger partial charge >= 0.3 is 0 Å². The summed E-state index contributed by atoms with van der Waals surface area (Å²) in [6.07, 6.45) is 4.43. The van der Waals surface area contributed by atoms with Gasteiger partial charge in [0.05, 0.1) is 5.39 Å². The number of nitrogens with zero attached hydrogens (tertiary/aromatic N) is 3. The van der Waals surface area contributed by atoms with Gasteiger partial charge in [-0.05, 0) is 31.4 Å². The maximum Gasteiger partial charge on any atom is 0.143 e. The summed E-state index contributed by atoms with van der Waals surface area (Å²) >= 11 is 0. The van der Waals surface area contributed by atoms with Gasteiger partial charge in [-0.15, -0.1) is 0 Å². The molecule has 0 unspecified atom stereocenters. The lowest BCUT2D eigenvalue weighted by molar-refractivity contribution is 0.669. The second-order valence-electron chi connectivity index (χ2n) is 6.34. The Kier molecular flexibility index (Phi) is 2.93. The van der Waals surface area contributed by atoms with Crippen LogP contribution in [0.3, 0.4) is 0 Å². The summed E-state index contributed by atoms with van der Waals surface area (Å²) in [5.74, 6) is 1.83. The van der Waals surface area contributed by atoms with E-state index in [1.807, 2.05) is 13.1 Å². The summed E-state index contributed by atoms with van der Waals surface area (Å²) in [6, 6.07) is 12.9. The van der Waals surface area contributed by atoms with E-state index < -0.39 is 0 Å². The van der Waals surface area contributed by atoms with Gasteiger partial charge in [0.2, 0.25) is 0 Å². The molecule has 0 saturated heterocycles. The monoisotopic (exact) mass is 292 g/mol. The van der Waals surface area contributed by atoms with Gasteiger partial charge in [0.15, 0.2) is 0 Å². The number of hydrogen-bond donors (Lipinski definition) is 1. The predicted molar refractivity (Wildman–Crippen MR) is 89.2 cm³/mol. The fourth-order valence-electron chi connectivity index (χ4n) is 3.33. The summed E-state index contributed by atoms with van der Waals surface area (Å²) in [6.45, 7) is 2.94. The summed E-state index contributed by atoms with van der Waals surface area (Å²) < 4.78 is 0. The molecule has 1 fully saturated rings. The van der Waals surface area contributed by atoms with E-state index >= 15 is 0 Å². The van der Waals surface area contributed by atoms with E-state index in [0.29, 0.717) is 0 Å². The predicted octanol–water partition coefficient (Wildman–Crippen LogP) is 3.43. The summed E-state index contributed by atoms with van der Waals surface area (Å²) in [5.41, 5.74) is 2.65. The highest BCUT2D eigenvalue weighted by molar-refractivity contribution is 5.87. The Balaban J connectivity index is 1.67. The molecule has 0 atom stereocenters. The Morgan fingerprint density at radius 3 is 2.64 bits per heavy atom. The van der Waals surface area contributed by atoms with Crippen LogP contribution in [-0.2, 0) is 5.41 Å². The maximum atomic E-state index is 4.67. The van der Waals surface area contributed by atoms with Gasteiger partial charge in [-0.3, -0.25) is 0 Å². The van der Waals surface area contributed by atoms with Crippen molar-refractivity contribution >= 4 is 16.9 Å². The van der Waals surface area contributed by atoms with Crippen molar-refractivity contribution in [2.45, 2.75) is 25.2 Å². The van der Waals surface area contributed by atoms with Crippen LogP contribution in [0.15, 0.2) is 42.6 Å². The highest BCUT2D eigenvalue weighted by Crippen LogP contribution is 2.49. The number of hydrogen-bond acceptors (Lipinski definition) is 3. The SMILES string of the molecule is Cc1nc(N(C)CC2(c3ccccc3)CC2)c2cc[nH]c2n1. The van der Waals surface area contributed by atoms with E-state index in [-0.39, 0.29) is 5.41 Å². The fraction of sp³-hybridized carbons (Fsp3) is 0.333. The molecule has 1 aromatic carbocycles. The smallest absolute Gasteiger partial charge is 0.143 e. The summed E-state index contributed by atoms with van der Waals surface area (Å²) in [4.78, 5) is 14.6. The van der Waals surface area contributed by atoms with Crippen molar-refractivity contribution in [3.05, 3.63) is 54.0 Å². The molecule has 4 rings (SSSR count). The Bertz CT molecular complexity index is 802. The number of anilines is 1. The molecule has 4 heteroatoms. The van der Waals surface area contributed by atoms with Crippen molar-refractivity contribution in [1.82, 2.24) is 15.0 Å². The van der Waals surface area contributed by atoms with Crippen molar-refractivity contribution in [1.29, 1.82) is 0 Å². The lowest BCUT2D eigenvalue weighted by Crippen LogP contribution is -2.30. The molecule has 1 aliphatic carbocycles. The molecule has 0 bridgehead atoms. The first-order valence-corrected chi connectivity index (χ1v) is 7.76. The van der Waals surface area contributed by atoms with Crippen LogP contribution in [0.25, 0.3) is 11.0 Å². The molecule has 0 radical (unpaired) electrons. The lowest BCUT2D eigenvalue weighted by atomic mass is 9.95. The average molecular weight is 292 g/mol. The van der Waals surface area contributed by atoms with E-state index in [1.165, 1.54) is 18.4 Å². The van der Waals surface area contributed by atoms with Gasteiger partial charge in [-0.2, -0.15) is 0 Å². The van der Waals surface area contributed by atoms with Crippen LogP contribution in [0, 0.1) is 6.92 Å². The van der Waals surface area contributed by atoms with Crippen LogP contribution < -0.4 is 4.90 Å². The van der Waals surface area contributed by atoms with Gasteiger partial charge in [0.25, 0.3) is 0 Å². The molecule has 1 aliphatic rings. The highest BCUT2D eigenvalue weighted by Gasteiger charge is 2.45. The average Bonchev–Trinajstić information content (AvgIpc) is 3.16. The molecule has 0 aliphatic heterocycles. The molecule has 112 valence electrons. The third kappa shape index (κ3) is 2.15. The Hall–Kier alpha value is -2.36. The number of likely N-dealkylation sites (N-methyl/N-ethyl adjacent to an activating group) is 1. The van der Waals surface area contributed by atoms with E-state index in [0.717, 1.165) is 29.2 Å². The molecule has 0 spiro atoms. The van der Waals surface area contributed by atoms with Crippen LogP contribution in [0.2, 0.25) is 0 Å². The largest absolute Gasteiger partial charge is 0.358 e. The van der Waals surface area contributed by atoms with Crippen molar-refractivity contribution in [2.24, 2.45) is 0 Å². The van der Waals surface area contributed by atoms with Crippen molar-refractivity contribution in [3.8, 4) is 0 Å². The fourth-order valence-corrected chi connectivity index (χ4v) is 3.33. The molecule has 4 nitrogen and oxygen atoms in total. The Morgan fingerprint density at radius 2 is 1.91 bits per heavy atom. The second kappa shape index (κ2) is 4.83. The Labute approximate surface area is 130 Å². The molecule has 2 heterocycles. The first kappa shape index (κ1) is 13.3. The molecular formula is C18H20N4. The number of aromatic nitrogens is 3. The number of H-pyrrole nitrogens is 1. The van der Waals surface area contributed by atoms with E-state index in [4.69, 9.17) is 0 Å². The second-order valence-corrected chi connectivity index (χ2v) is 6.34. The molecule has 22 heavy (non-hydrogen) atoms. The molecule has 2 aromatic heterocycles. The molecule has 0 amide bonds. The van der Waals surface area contributed by atoms with E-state index in [9.17, 15) is 0 Å². The molecule has 1 N–H and O–H groups in total. The number of rotatable bonds is 4. The first-order chi connectivity index (χ1) is 10.7. The van der Waals surface area contributed by atoms with Crippen molar-refractivity contribution < 1.29 is 0 Å². The minimum absolute atomic E-state index is 0.289. The number of nitrogens with one attached hydrogen (secondary N) is 1. The zero-order valence-corrected chi connectivity index (χ0v) is 13.0. The highest BCUT2D eigenvalue weighted by atomic mass is 15.2. The normalized spacial score (nSPS) is 15.9. The van der Waals surface area contributed by atoms with Crippen LogP contribution in [-0.4, -0.2) is 28.5 Å².